The molecular weight excluding hydrogens is 222 g/mol. The van der Waals surface area contributed by atoms with E-state index in [2.05, 4.69) is 36.5 Å². The Hall–Kier alpha value is -0.570. The summed E-state index contributed by atoms with van der Waals surface area (Å²) in [4.78, 5) is 0. The zero-order valence-electron chi connectivity index (χ0n) is 10.0. The third-order valence-electron chi connectivity index (χ3n) is 2.54. The van der Waals surface area contributed by atoms with E-state index in [1.807, 2.05) is 0 Å². The van der Waals surface area contributed by atoms with E-state index < -0.39 is 0 Å². The molecule has 0 heterocycles. The van der Waals surface area contributed by atoms with E-state index in [1.165, 1.54) is 11.1 Å². The van der Waals surface area contributed by atoms with Crippen molar-refractivity contribution in [2.75, 3.05) is 19.6 Å². The maximum absolute atomic E-state index is 5.74. The molecule has 0 bridgehead atoms. The lowest BCUT2D eigenvalue weighted by atomic mass is 10.1. The summed E-state index contributed by atoms with van der Waals surface area (Å²) in [7, 11) is 1.72. The Bertz CT molecular complexity index is 280. The first-order valence-corrected chi connectivity index (χ1v) is 6.13. The lowest BCUT2D eigenvalue weighted by molar-refractivity contribution is 0.164. The van der Waals surface area contributed by atoms with Gasteiger partial charge in [-0.1, -0.05) is 29.8 Å². The number of alkyl halides is 1. The Morgan fingerprint density at radius 3 is 2.56 bits per heavy atom. The summed E-state index contributed by atoms with van der Waals surface area (Å²) < 4.78 is 5.14. The molecule has 0 amide bonds. The summed E-state index contributed by atoms with van der Waals surface area (Å²) in [5.41, 5.74) is 2.58. The summed E-state index contributed by atoms with van der Waals surface area (Å²) in [5, 5.41) is 3.45. The van der Waals surface area contributed by atoms with Gasteiger partial charge >= 0.3 is 0 Å². The van der Waals surface area contributed by atoms with Crippen LogP contribution in [-0.2, 0) is 11.3 Å². The summed E-state index contributed by atoms with van der Waals surface area (Å²) in [6.07, 6.45) is 0.932. The van der Waals surface area contributed by atoms with Crippen molar-refractivity contribution in [3.05, 3.63) is 35.4 Å². The second-order valence-corrected chi connectivity index (χ2v) is 4.37. The van der Waals surface area contributed by atoms with Gasteiger partial charge in [-0.25, -0.2) is 0 Å². The molecule has 2 nitrogen and oxygen atoms in total. The van der Waals surface area contributed by atoms with E-state index in [9.17, 15) is 0 Å². The van der Waals surface area contributed by atoms with Gasteiger partial charge in [0.05, 0.1) is 6.61 Å². The van der Waals surface area contributed by atoms with Crippen molar-refractivity contribution < 1.29 is 4.74 Å². The molecule has 0 radical (unpaired) electrons. The molecule has 0 aliphatic rings. The molecule has 0 saturated carbocycles. The number of rotatable bonds is 7. The van der Waals surface area contributed by atoms with E-state index in [1.54, 1.807) is 7.11 Å². The summed E-state index contributed by atoms with van der Waals surface area (Å²) in [6, 6.07) is 8.89. The Balaban J connectivity index is 2.38. The van der Waals surface area contributed by atoms with Crippen LogP contribution in [-0.4, -0.2) is 25.6 Å². The van der Waals surface area contributed by atoms with Gasteiger partial charge < -0.3 is 10.1 Å². The fourth-order valence-electron chi connectivity index (χ4n) is 1.55. The largest absolute Gasteiger partial charge is 0.383 e. The van der Waals surface area contributed by atoms with Gasteiger partial charge in [-0.15, -0.1) is 11.6 Å². The SMILES string of the molecule is COCC(CCCl)NCc1ccc(C)cc1. The van der Waals surface area contributed by atoms with Gasteiger partial charge in [-0.05, 0) is 18.9 Å². The second-order valence-electron chi connectivity index (χ2n) is 4.00. The second kappa shape index (κ2) is 7.66. The van der Waals surface area contributed by atoms with Crippen molar-refractivity contribution in [2.45, 2.75) is 25.9 Å². The molecule has 3 heteroatoms. The highest BCUT2D eigenvalue weighted by Gasteiger charge is 2.06. The molecule has 1 rings (SSSR count). The molecule has 90 valence electrons. The van der Waals surface area contributed by atoms with Gasteiger partial charge in [0, 0.05) is 25.6 Å². The Morgan fingerprint density at radius 1 is 1.31 bits per heavy atom. The molecule has 0 spiro atoms. The third-order valence-corrected chi connectivity index (χ3v) is 2.76. The van der Waals surface area contributed by atoms with Crippen molar-refractivity contribution in [3.8, 4) is 0 Å². The number of ether oxygens (including phenoxy) is 1. The predicted octanol–water partition coefficient (Wildman–Crippen LogP) is 2.73. The average Bonchev–Trinajstić information content (AvgIpc) is 2.29. The van der Waals surface area contributed by atoms with Crippen LogP contribution in [0, 0.1) is 6.92 Å². The third kappa shape index (κ3) is 4.97. The topological polar surface area (TPSA) is 21.3 Å². The first-order valence-electron chi connectivity index (χ1n) is 5.60. The minimum Gasteiger partial charge on any atom is -0.383 e. The Kier molecular flexibility index (Phi) is 6.46. The Morgan fingerprint density at radius 2 is 2.00 bits per heavy atom. The molecular formula is C13H20ClNO. The van der Waals surface area contributed by atoms with Gasteiger partial charge in [0.2, 0.25) is 0 Å². The summed E-state index contributed by atoms with van der Waals surface area (Å²) in [5.74, 6) is 0.662. The van der Waals surface area contributed by atoms with Crippen molar-refractivity contribution in [1.82, 2.24) is 5.32 Å². The highest BCUT2D eigenvalue weighted by atomic mass is 35.5. The van der Waals surface area contributed by atoms with Crippen LogP contribution in [0.2, 0.25) is 0 Å². The minimum atomic E-state index is 0.337. The van der Waals surface area contributed by atoms with Gasteiger partial charge in [-0.3, -0.25) is 0 Å². The highest BCUT2D eigenvalue weighted by molar-refractivity contribution is 6.17. The number of hydrogen-bond acceptors (Lipinski definition) is 2. The number of halogens is 1. The molecule has 0 aromatic heterocycles. The highest BCUT2D eigenvalue weighted by Crippen LogP contribution is 2.04. The number of nitrogens with one attached hydrogen (secondary N) is 1. The lowest BCUT2D eigenvalue weighted by Crippen LogP contribution is -2.33. The Labute approximate surface area is 103 Å². The number of methoxy groups -OCH3 is 1. The van der Waals surface area contributed by atoms with Crippen LogP contribution in [0.15, 0.2) is 24.3 Å². The number of aryl methyl sites for hydroxylation is 1. The van der Waals surface area contributed by atoms with Crippen LogP contribution in [0.1, 0.15) is 17.5 Å². The lowest BCUT2D eigenvalue weighted by Gasteiger charge is -2.16. The van der Waals surface area contributed by atoms with E-state index >= 15 is 0 Å². The fourth-order valence-corrected chi connectivity index (χ4v) is 1.81. The molecule has 0 aliphatic carbocycles. The average molecular weight is 242 g/mol. The molecule has 1 aromatic rings. The van der Waals surface area contributed by atoms with E-state index in [0.29, 0.717) is 18.5 Å². The number of hydrogen-bond donors (Lipinski definition) is 1. The smallest absolute Gasteiger partial charge is 0.0616 e. The molecule has 16 heavy (non-hydrogen) atoms. The quantitative estimate of drug-likeness (QED) is 0.742. The molecule has 1 atom stereocenters. The standard InChI is InChI=1S/C13H20ClNO/c1-11-3-5-12(6-4-11)9-15-13(7-8-14)10-16-2/h3-6,13,15H,7-10H2,1-2H3. The van der Waals surface area contributed by atoms with Crippen molar-refractivity contribution in [1.29, 1.82) is 0 Å². The molecule has 0 fully saturated rings. The maximum atomic E-state index is 5.74. The van der Waals surface area contributed by atoms with Crippen molar-refractivity contribution in [3.63, 3.8) is 0 Å². The van der Waals surface area contributed by atoms with E-state index in [-0.39, 0.29) is 0 Å². The monoisotopic (exact) mass is 241 g/mol. The fraction of sp³-hybridized carbons (Fsp3) is 0.538. The molecule has 1 N–H and O–H groups in total. The van der Waals surface area contributed by atoms with Gasteiger partial charge in [0.15, 0.2) is 0 Å². The van der Waals surface area contributed by atoms with Crippen LogP contribution in [0.3, 0.4) is 0 Å². The molecule has 0 aliphatic heterocycles. The molecule has 0 saturated heterocycles. The van der Waals surface area contributed by atoms with Crippen LogP contribution in [0.25, 0.3) is 0 Å². The van der Waals surface area contributed by atoms with Crippen LogP contribution in [0.5, 0.6) is 0 Å². The predicted molar refractivity (Wildman–Crippen MR) is 69.0 cm³/mol. The first kappa shape index (κ1) is 13.5. The maximum Gasteiger partial charge on any atom is 0.0616 e. The van der Waals surface area contributed by atoms with E-state index in [4.69, 9.17) is 16.3 Å². The molecule has 1 unspecified atom stereocenters. The first-order chi connectivity index (χ1) is 7.76. The zero-order chi connectivity index (χ0) is 11.8. The number of benzene rings is 1. The zero-order valence-corrected chi connectivity index (χ0v) is 10.8. The van der Waals surface area contributed by atoms with Gasteiger partial charge in [0.1, 0.15) is 0 Å². The van der Waals surface area contributed by atoms with E-state index in [0.717, 1.165) is 13.0 Å². The summed E-state index contributed by atoms with van der Waals surface area (Å²) >= 11 is 5.74. The normalized spacial score (nSPS) is 12.7. The van der Waals surface area contributed by atoms with Crippen molar-refractivity contribution in [2.24, 2.45) is 0 Å². The van der Waals surface area contributed by atoms with Crippen LogP contribution >= 0.6 is 11.6 Å². The van der Waals surface area contributed by atoms with Crippen molar-refractivity contribution >= 4 is 11.6 Å². The minimum absolute atomic E-state index is 0.337. The van der Waals surface area contributed by atoms with Gasteiger partial charge in [0.25, 0.3) is 0 Å². The van der Waals surface area contributed by atoms with Gasteiger partial charge in [-0.2, -0.15) is 0 Å². The molecule has 1 aromatic carbocycles. The van der Waals surface area contributed by atoms with Crippen LogP contribution in [0.4, 0.5) is 0 Å². The van der Waals surface area contributed by atoms with Crippen LogP contribution < -0.4 is 5.32 Å². The summed E-state index contributed by atoms with van der Waals surface area (Å²) in [6.45, 7) is 3.67.